The van der Waals surface area contributed by atoms with Crippen molar-refractivity contribution in [2.45, 2.75) is 19.3 Å². The van der Waals surface area contributed by atoms with Gasteiger partial charge in [0.2, 0.25) is 0 Å². The van der Waals surface area contributed by atoms with Crippen molar-refractivity contribution in [3.05, 3.63) is 17.8 Å². The van der Waals surface area contributed by atoms with Crippen LogP contribution in [0.5, 0.6) is 0 Å². The number of primary amides is 1. The number of hydrogen-bond donors (Lipinski definition) is 3. The van der Waals surface area contributed by atoms with Crippen molar-refractivity contribution in [2.24, 2.45) is 5.73 Å². The topological polar surface area (TPSA) is 97.3 Å². The van der Waals surface area contributed by atoms with E-state index in [-0.39, 0.29) is 5.69 Å². The number of pyridine rings is 1. The number of nitrogens with two attached hydrogens (primary N) is 2. The number of rotatable bonds is 6. The molecule has 6 heteroatoms. The minimum atomic E-state index is -0.542. The summed E-state index contributed by atoms with van der Waals surface area (Å²) in [5.74, 6) is -0.00200. The number of nitrogens with one attached hydrogen (secondary N) is 1. The van der Waals surface area contributed by atoms with Crippen LogP contribution in [0.2, 0.25) is 0 Å². The van der Waals surface area contributed by atoms with Gasteiger partial charge in [0.05, 0.1) is 5.69 Å². The Morgan fingerprint density at radius 2 is 2.11 bits per heavy atom. The zero-order valence-corrected chi connectivity index (χ0v) is 11.1. The van der Waals surface area contributed by atoms with Gasteiger partial charge in [-0.15, -0.1) is 0 Å². The fraction of sp³-hybridized carbons (Fsp3) is 0.538. The third-order valence-electron chi connectivity index (χ3n) is 3.32. The predicted octanol–water partition coefficient (Wildman–Crippen LogP) is 0.660. The predicted molar refractivity (Wildman–Crippen MR) is 75.9 cm³/mol. The van der Waals surface area contributed by atoms with E-state index in [1.807, 2.05) is 0 Å². The van der Waals surface area contributed by atoms with Crippen molar-refractivity contribution in [2.75, 3.05) is 37.2 Å². The Hall–Kier alpha value is -1.82. The molecule has 19 heavy (non-hydrogen) atoms. The number of aromatic nitrogens is 1. The molecule has 1 fully saturated rings. The van der Waals surface area contributed by atoms with Crippen LogP contribution >= 0.6 is 0 Å². The standard InChI is InChI=1S/C13H21N5O/c14-10-4-5-11(12(15)19)17-13(10)16-6-3-9-18-7-1-2-8-18/h4-5H,1-3,6-9,14H2,(H2,15,19)(H,16,17). The van der Waals surface area contributed by atoms with Gasteiger partial charge in [0.1, 0.15) is 11.5 Å². The van der Waals surface area contributed by atoms with E-state index < -0.39 is 5.91 Å². The number of likely N-dealkylation sites (tertiary alicyclic amines) is 1. The average Bonchev–Trinajstić information content (AvgIpc) is 2.89. The van der Waals surface area contributed by atoms with Gasteiger partial charge in [-0.3, -0.25) is 4.79 Å². The molecular weight excluding hydrogens is 242 g/mol. The molecule has 1 aromatic heterocycles. The van der Waals surface area contributed by atoms with Crippen molar-refractivity contribution in [3.8, 4) is 0 Å². The van der Waals surface area contributed by atoms with E-state index in [2.05, 4.69) is 15.2 Å². The van der Waals surface area contributed by atoms with E-state index >= 15 is 0 Å². The maximum absolute atomic E-state index is 11.1. The van der Waals surface area contributed by atoms with Gasteiger partial charge in [-0.1, -0.05) is 0 Å². The molecule has 0 spiro atoms. The number of hydrogen-bond acceptors (Lipinski definition) is 5. The van der Waals surface area contributed by atoms with Crippen molar-refractivity contribution in [1.82, 2.24) is 9.88 Å². The maximum atomic E-state index is 11.1. The van der Waals surface area contributed by atoms with Crippen molar-refractivity contribution in [1.29, 1.82) is 0 Å². The van der Waals surface area contributed by atoms with Gasteiger partial charge in [-0.05, 0) is 51.0 Å². The van der Waals surface area contributed by atoms with Crippen LogP contribution in [0.4, 0.5) is 11.5 Å². The van der Waals surface area contributed by atoms with Gasteiger partial charge in [0.15, 0.2) is 0 Å². The van der Waals surface area contributed by atoms with Crippen molar-refractivity contribution >= 4 is 17.4 Å². The number of nitrogens with zero attached hydrogens (tertiary/aromatic N) is 2. The molecule has 2 rings (SSSR count). The highest BCUT2D eigenvalue weighted by molar-refractivity contribution is 5.91. The van der Waals surface area contributed by atoms with E-state index in [0.717, 1.165) is 19.5 Å². The lowest BCUT2D eigenvalue weighted by Gasteiger charge is -2.15. The monoisotopic (exact) mass is 263 g/mol. The number of nitrogen functional groups attached to an aromatic ring is 1. The highest BCUT2D eigenvalue weighted by Gasteiger charge is 2.11. The summed E-state index contributed by atoms with van der Waals surface area (Å²) in [6.45, 7) is 4.29. The molecule has 0 aliphatic carbocycles. The van der Waals surface area contributed by atoms with Crippen LogP contribution in [0.25, 0.3) is 0 Å². The first-order valence-corrected chi connectivity index (χ1v) is 6.69. The minimum absolute atomic E-state index is 0.233. The molecule has 2 heterocycles. The second kappa shape index (κ2) is 6.38. The van der Waals surface area contributed by atoms with Crippen molar-refractivity contribution in [3.63, 3.8) is 0 Å². The highest BCUT2D eigenvalue weighted by Crippen LogP contribution is 2.15. The summed E-state index contributed by atoms with van der Waals surface area (Å²) in [6, 6.07) is 3.18. The molecule has 5 N–H and O–H groups in total. The van der Waals surface area contributed by atoms with Gasteiger partial charge >= 0.3 is 0 Å². The Kier molecular flexibility index (Phi) is 4.57. The van der Waals surface area contributed by atoms with E-state index in [1.54, 1.807) is 6.07 Å². The van der Waals surface area contributed by atoms with Gasteiger partial charge in [-0.25, -0.2) is 4.98 Å². The molecule has 1 aliphatic heterocycles. The molecule has 0 radical (unpaired) electrons. The second-order valence-corrected chi connectivity index (χ2v) is 4.83. The second-order valence-electron chi connectivity index (χ2n) is 4.83. The molecule has 0 unspecified atom stereocenters. The first kappa shape index (κ1) is 13.6. The lowest BCUT2D eigenvalue weighted by Crippen LogP contribution is -2.22. The first-order valence-electron chi connectivity index (χ1n) is 6.69. The molecule has 0 bridgehead atoms. The molecule has 1 amide bonds. The zero-order chi connectivity index (χ0) is 13.7. The minimum Gasteiger partial charge on any atom is -0.396 e. The molecule has 6 nitrogen and oxygen atoms in total. The molecule has 1 aliphatic rings. The molecular formula is C13H21N5O. The number of amides is 1. The van der Waals surface area contributed by atoms with Crippen LogP contribution in [-0.2, 0) is 0 Å². The first-order chi connectivity index (χ1) is 9.16. The summed E-state index contributed by atoms with van der Waals surface area (Å²) in [5.41, 5.74) is 11.8. The van der Waals surface area contributed by atoms with E-state index in [9.17, 15) is 4.79 Å². The third kappa shape index (κ3) is 3.82. The lowest BCUT2D eigenvalue weighted by atomic mass is 10.3. The molecule has 0 atom stereocenters. The third-order valence-corrected chi connectivity index (χ3v) is 3.32. The van der Waals surface area contributed by atoms with Crippen LogP contribution < -0.4 is 16.8 Å². The number of carbonyl (C=O) groups excluding carboxylic acids is 1. The van der Waals surface area contributed by atoms with E-state index in [1.165, 1.54) is 32.0 Å². The summed E-state index contributed by atoms with van der Waals surface area (Å²) in [6.07, 6.45) is 3.65. The lowest BCUT2D eigenvalue weighted by molar-refractivity contribution is 0.0996. The quantitative estimate of drug-likeness (QED) is 0.655. The van der Waals surface area contributed by atoms with Gasteiger partial charge in [0, 0.05) is 6.54 Å². The van der Waals surface area contributed by atoms with Crippen LogP contribution in [0, 0.1) is 0 Å². The van der Waals surface area contributed by atoms with Gasteiger partial charge < -0.3 is 21.7 Å². The fourth-order valence-electron chi connectivity index (χ4n) is 2.26. The smallest absolute Gasteiger partial charge is 0.267 e. The highest BCUT2D eigenvalue weighted by atomic mass is 16.1. The Morgan fingerprint density at radius 1 is 1.37 bits per heavy atom. The van der Waals surface area contributed by atoms with Crippen LogP contribution in [-0.4, -0.2) is 42.0 Å². The number of anilines is 2. The van der Waals surface area contributed by atoms with Crippen molar-refractivity contribution < 1.29 is 4.79 Å². The van der Waals surface area contributed by atoms with Crippen LogP contribution in [0.3, 0.4) is 0 Å². The Morgan fingerprint density at radius 3 is 2.79 bits per heavy atom. The van der Waals surface area contributed by atoms with Gasteiger partial charge in [-0.2, -0.15) is 0 Å². The molecule has 0 saturated carbocycles. The molecule has 104 valence electrons. The van der Waals surface area contributed by atoms with Gasteiger partial charge in [0.25, 0.3) is 5.91 Å². The molecule has 1 aromatic rings. The average molecular weight is 263 g/mol. The fourth-order valence-corrected chi connectivity index (χ4v) is 2.26. The number of carbonyl (C=O) groups is 1. The van der Waals surface area contributed by atoms with Crippen LogP contribution in [0.15, 0.2) is 12.1 Å². The summed E-state index contributed by atoms with van der Waals surface area (Å²) in [7, 11) is 0. The SMILES string of the molecule is NC(=O)c1ccc(N)c(NCCCN2CCCC2)n1. The summed E-state index contributed by atoms with van der Waals surface area (Å²) in [5, 5.41) is 3.16. The maximum Gasteiger partial charge on any atom is 0.267 e. The van der Waals surface area contributed by atoms with E-state index in [0.29, 0.717) is 11.5 Å². The Labute approximate surface area is 113 Å². The zero-order valence-electron chi connectivity index (χ0n) is 11.1. The van der Waals surface area contributed by atoms with Crippen LogP contribution in [0.1, 0.15) is 29.8 Å². The normalized spacial score (nSPS) is 15.6. The summed E-state index contributed by atoms with van der Waals surface area (Å²) in [4.78, 5) is 17.6. The summed E-state index contributed by atoms with van der Waals surface area (Å²) >= 11 is 0. The molecule has 0 aromatic carbocycles. The Bertz CT molecular complexity index is 443. The Balaban J connectivity index is 1.81. The molecule has 1 saturated heterocycles. The largest absolute Gasteiger partial charge is 0.396 e. The summed E-state index contributed by atoms with van der Waals surface area (Å²) < 4.78 is 0. The van der Waals surface area contributed by atoms with E-state index in [4.69, 9.17) is 11.5 Å².